The summed E-state index contributed by atoms with van der Waals surface area (Å²) in [4.78, 5) is 17.1. The van der Waals surface area contributed by atoms with Crippen LogP contribution < -0.4 is 11.1 Å². The molecule has 0 bridgehead atoms. The number of amides is 1. The summed E-state index contributed by atoms with van der Waals surface area (Å²) in [5.74, 6) is -0.448. The molecule has 0 atom stereocenters. The standard InChI is InChI=1S/C21H24N6O/c1-23-7-8-27(2)12-13-3-6-17-15(9-13)11-19(24-17)20-16-5-4-14(21(22)28)10-18(16)25-26-20/h3-6,9-11,23-24H,7-8,12H2,1-2H3,(H2,22,28)(H,25,26). The number of rotatable bonds is 7. The van der Waals surface area contributed by atoms with E-state index in [0.717, 1.165) is 52.8 Å². The van der Waals surface area contributed by atoms with Crippen LogP contribution in [0.4, 0.5) is 0 Å². The Labute approximate surface area is 162 Å². The van der Waals surface area contributed by atoms with Gasteiger partial charge in [0.2, 0.25) is 5.91 Å². The predicted octanol–water partition coefficient (Wildman–Crippen LogP) is 2.46. The molecule has 4 aromatic rings. The fourth-order valence-electron chi connectivity index (χ4n) is 3.48. The highest BCUT2D eigenvalue weighted by Crippen LogP contribution is 2.29. The minimum absolute atomic E-state index is 0.448. The Morgan fingerprint density at radius 1 is 1.18 bits per heavy atom. The first-order valence-corrected chi connectivity index (χ1v) is 9.28. The molecule has 0 radical (unpaired) electrons. The third-order valence-corrected chi connectivity index (χ3v) is 4.98. The first-order chi connectivity index (χ1) is 13.5. The molecular formula is C21H24N6O. The molecule has 2 heterocycles. The lowest BCUT2D eigenvalue weighted by atomic mass is 10.1. The molecular weight excluding hydrogens is 352 g/mol. The second-order valence-corrected chi connectivity index (χ2v) is 7.14. The van der Waals surface area contributed by atoms with Crippen molar-refractivity contribution in [3.63, 3.8) is 0 Å². The van der Waals surface area contributed by atoms with E-state index in [1.54, 1.807) is 12.1 Å². The lowest BCUT2D eigenvalue weighted by Gasteiger charge is -2.16. The SMILES string of the molecule is CNCCN(C)Cc1ccc2[nH]c(-c3n[nH]c4cc(C(N)=O)ccc34)cc2c1. The van der Waals surface area contributed by atoms with Crippen LogP contribution in [0.15, 0.2) is 42.5 Å². The number of benzene rings is 2. The van der Waals surface area contributed by atoms with Gasteiger partial charge in [-0.2, -0.15) is 5.10 Å². The number of carbonyl (C=O) groups excluding carboxylic acids is 1. The van der Waals surface area contributed by atoms with E-state index in [-0.39, 0.29) is 0 Å². The smallest absolute Gasteiger partial charge is 0.248 e. The summed E-state index contributed by atoms with van der Waals surface area (Å²) in [6.07, 6.45) is 0. The van der Waals surface area contributed by atoms with Crippen LogP contribution in [0.1, 0.15) is 15.9 Å². The predicted molar refractivity (Wildman–Crippen MR) is 112 cm³/mol. The first kappa shape index (κ1) is 18.2. The van der Waals surface area contributed by atoms with Crippen molar-refractivity contribution in [2.45, 2.75) is 6.54 Å². The van der Waals surface area contributed by atoms with Crippen LogP contribution in [0.2, 0.25) is 0 Å². The van der Waals surface area contributed by atoms with E-state index in [1.807, 2.05) is 13.1 Å². The van der Waals surface area contributed by atoms with E-state index in [4.69, 9.17) is 5.73 Å². The maximum Gasteiger partial charge on any atom is 0.248 e. The average Bonchev–Trinajstić information content (AvgIpc) is 3.28. The van der Waals surface area contributed by atoms with Gasteiger partial charge in [-0.3, -0.25) is 9.89 Å². The van der Waals surface area contributed by atoms with E-state index in [2.05, 4.69) is 56.7 Å². The molecule has 0 saturated heterocycles. The van der Waals surface area contributed by atoms with Crippen LogP contribution in [0.25, 0.3) is 33.2 Å². The Morgan fingerprint density at radius 2 is 2.04 bits per heavy atom. The monoisotopic (exact) mass is 376 g/mol. The second kappa shape index (κ2) is 7.46. The quantitative estimate of drug-likeness (QED) is 0.398. The van der Waals surface area contributed by atoms with E-state index in [1.165, 1.54) is 5.56 Å². The van der Waals surface area contributed by atoms with Gasteiger partial charge in [0.05, 0.1) is 11.2 Å². The molecule has 0 fully saturated rings. The fourth-order valence-corrected chi connectivity index (χ4v) is 3.48. The van der Waals surface area contributed by atoms with Gasteiger partial charge < -0.3 is 20.9 Å². The van der Waals surface area contributed by atoms with Crippen molar-refractivity contribution in [1.29, 1.82) is 0 Å². The zero-order valence-corrected chi connectivity index (χ0v) is 16.0. The van der Waals surface area contributed by atoms with Gasteiger partial charge in [0, 0.05) is 41.5 Å². The number of hydrogen-bond donors (Lipinski definition) is 4. The Kier molecular flexibility index (Phi) is 4.85. The molecule has 7 heteroatoms. The number of carbonyl (C=O) groups is 1. The maximum absolute atomic E-state index is 11.4. The van der Waals surface area contributed by atoms with Gasteiger partial charge in [-0.15, -0.1) is 0 Å². The number of primary amides is 1. The maximum atomic E-state index is 11.4. The van der Waals surface area contributed by atoms with E-state index in [9.17, 15) is 4.79 Å². The number of fused-ring (bicyclic) bond motifs is 2. The van der Waals surface area contributed by atoms with Crippen LogP contribution >= 0.6 is 0 Å². The average molecular weight is 376 g/mol. The molecule has 0 unspecified atom stereocenters. The van der Waals surface area contributed by atoms with Crippen molar-refractivity contribution in [3.05, 3.63) is 53.6 Å². The highest BCUT2D eigenvalue weighted by molar-refractivity contribution is 6.00. The number of nitrogens with two attached hydrogens (primary N) is 1. The number of H-pyrrole nitrogens is 2. The minimum atomic E-state index is -0.448. The fraction of sp³-hybridized carbons (Fsp3) is 0.238. The Bertz CT molecular complexity index is 1140. The zero-order chi connectivity index (χ0) is 19.7. The van der Waals surface area contributed by atoms with Crippen LogP contribution in [0.5, 0.6) is 0 Å². The van der Waals surface area contributed by atoms with Gasteiger partial charge in [0.1, 0.15) is 5.69 Å². The van der Waals surface area contributed by atoms with Gasteiger partial charge in [0.15, 0.2) is 0 Å². The highest BCUT2D eigenvalue weighted by Gasteiger charge is 2.13. The van der Waals surface area contributed by atoms with Gasteiger partial charge in [-0.1, -0.05) is 6.07 Å². The Morgan fingerprint density at radius 3 is 2.82 bits per heavy atom. The molecule has 28 heavy (non-hydrogen) atoms. The molecule has 0 spiro atoms. The van der Waals surface area contributed by atoms with Gasteiger partial charge in [0.25, 0.3) is 0 Å². The molecule has 7 nitrogen and oxygen atoms in total. The topological polar surface area (TPSA) is 103 Å². The van der Waals surface area contributed by atoms with Crippen molar-refractivity contribution in [3.8, 4) is 11.4 Å². The van der Waals surface area contributed by atoms with Crippen LogP contribution in [-0.2, 0) is 6.54 Å². The lowest BCUT2D eigenvalue weighted by Crippen LogP contribution is -2.26. The summed E-state index contributed by atoms with van der Waals surface area (Å²) >= 11 is 0. The van der Waals surface area contributed by atoms with E-state index in [0.29, 0.717) is 5.56 Å². The molecule has 0 aliphatic carbocycles. The molecule has 0 aliphatic rings. The van der Waals surface area contributed by atoms with Gasteiger partial charge in [-0.25, -0.2) is 0 Å². The zero-order valence-electron chi connectivity index (χ0n) is 16.0. The number of nitrogens with one attached hydrogen (secondary N) is 3. The van der Waals surface area contributed by atoms with Crippen molar-refractivity contribution in [1.82, 2.24) is 25.4 Å². The molecule has 2 aromatic heterocycles. The first-order valence-electron chi connectivity index (χ1n) is 9.28. The largest absolute Gasteiger partial charge is 0.366 e. The third-order valence-electron chi connectivity index (χ3n) is 4.98. The lowest BCUT2D eigenvalue weighted by molar-refractivity contribution is 0.100. The normalized spacial score (nSPS) is 11.7. The number of aromatic nitrogens is 3. The highest BCUT2D eigenvalue weighted by atomic mass is 16.1. The summed E-state index contributed by atoms with van der Waals surface area (Å²) in [5, 5.41) is 12.7. The van der Waals surface area contributed by atoms with Gasteiger partial charge >= 0.3 is 0 Å². The van der Waals surface area contributed by atoms with E-state index < -0.39 is 5.91 Å². The van der Waals surface area contributed by atoms with Crippen LogP contribution in [0, 0.1) is 0 Å². The summed E-state index contributed by atoms with van der Waals surface area (Å²) in [5.41, 5.74) is 10.7. The minimum Gasteiger partial charge on any atom is -0.366 e. The van der Waals surface area contributed by atoms with Crippen LogP contribution in [0.3, 0.4) is 0 Å². The van der Waals surface area contributed by atoms with E-state index >= 15 is 0 Å². The molecule has 4 rings (SSSR count). The summed E-state index contributed by atoms with van der Waals surface area (Å²) < 4.78 is 0. The number of likely N-dealkylation sites (N-methyl/N-ethyl adjacent to an activating group) is 2. The second-order valence-electron chi connectivity index (χ2n) is 7.14. The van der Waals surface area contributed by atoms with Crippen LogP contribution in [-0.4, -0.2) is 53.2 Å². The number of nitrogens with zero attached hydrogens (tertiary/aromatic N) is 2. The number of hydrogen-bond acceptors (Lipinski definition) is 4. The Hall–Kier alpha value is -3.16. The van der Waals surface area contributed by atoms with Crippen molar-refractivity contribution >= 4 is 27.7 Å². The third kappa shape index (κ3) is 3.49. The molecule has 1 amide bonds. The van der Waals surface area contributed by atoms with Crippen molar-refractivity contribution < 1.29 is 4.79 Å². The molecule has 0 saturated carbocycles. The summed E-state index contributed by atoms with van der Waals surface area (Å²) in [7, 11) is 4.09. The molecule has 2 aromatic carbocycles. The summed E-state index contributed by atoms with van der Waals surface area (Å²) in [6, 6.07) is 13.9. The molecule has 5 N–H and O–H groups in total. The molecule has 144 valence electrons. The van der Waals surface area contributed by atoms with Crippen molar-refractivity contribution in [2.24, 2.45) is 5.73 Å². The Balaban J connectivity index is 1.64. The van der Waals surface area contributed by atoms with Gasteiger partial charge in [-0.05, 0) is 56.1 Å². The van der Waals surface area contributed by atoms with Crippen molar-refractivity contribution in [2.75, 3.05) is 27.2 Å². The molecule has 0 aliphatic heterocycles. The summed E-state index contributed by atoms with van der Waals surface area (Å²) in [6.45, 7) is 2.87. The number of aromatic amines is 2.